The van der Waals surface area contributed by atoms with Crippen molar-refractivity contribution in [3.8, 4) is 0 Å². The molecule has 3 nitrogen and oxygen atoms in total. The number of halogens is 1. The Morgan fingerprint density at radius 3 is 2.77 bits per heavy atom. The van der Waals surface area contributed by atoms with Crippen LogP contribution in [0.2, 0.25) is 0 Å². The molecule has 0 saturated carbocycles. The molecule has 0 radical (unpaired) electrons. The number of nitrogens with one attached hydrogen (secondary N) is 1. The molecule has 1 fully saturated rings. The average molecular weight is 226 g/mol. The second-order valence-electron chi connectivity index (χ2n) is 2.86. The SMILES string of the molecule is CCC1(C(=O)OC)CNCCS1.Cl. The molecule has 1 N–H and O–H groups in total. The zero-order valence-corrected chi connectivity index (χ0v) is 9.59. The lowest BCUT2D eigenvalue weighted by molar-refractivity contribution is -0.143. The van der Waals surface area contributed by atoms with E-state index < -0.39 is 0 Å². The highest BCUT2D eigenvalue weighted by Crippen LogP contribution is 2.31. The van der Waals surface area contributed by atoms with E-state index in [1.54, 1.807) is 11.8 Å². The van der Waals surface area contributed by atoms with Gasteiger partial charge >= 0.3 is 5.97 Å². The smallest absolute Gasteiger partial charge is 0.323 e. The normalized spacial score (nSPS) is 27.5. The summed E-state index contributed by atoms with van der Waals surface area (Å²) in [6.45, 7) is 3.75. The molecule has 13 heavy (non-hydrogen) atoms. The van der Waals surface area contributed by atoms with Crippen LogP contribution >= 0.6 is 24.2 Å². The summed E-state index contributed by atoms with van der Waals surface area (Å²) < 4.78 is 4.46. The average Bonchev–Trinajstić information content (AvgIpc) is 2.17. The fourth-order valence-corrected chi connectivity index (χ4v) is 2.59. The lowest BCUT2D eigenvalue weighted by Crippen LogP contribution is -2.49. The molecule has 1 atom stereocenters. The van der Waals surface area contributed by atoms with Gasteiger partial charge in [-0.15, -0.1) is 24.2 Å². The number of esters is 1. The second kappa shape index (κ2) is 5.73. The zero-order chi connectivity index (χ0) is 9.03. The van der Waals surface area contributed by atoms with Crippen LogP contribution in [0.3, 0.4) is 0 Å². The molecule has 1 rings (SSSR count). The Kier molecular flexibility index (Phi) is 5.76. The standard InChI is InChI=1S/C8H15NO2S.ClH/c1-3-8(7(10)11-2)6-9-4-5-12-8;/h9H,3-6H2,1-2H3;1H. The van der Waals surface area contributed by atoms with E-state index in [1.165, 1.54) is 7.11 Å². The molecule has 0 spiro atoms. The van der Waals surface area contributed by atoms with Gasteiger partial charge < -0.3 is 10.1 Å². The molecule has 1 heterocycles. The highest BCUT2D eigenvalue weighted by atomic mass is 35.5. The number of hydrogen-bond acceptors (Lipinski definition) is 4. The molecule has 0 bridgehead atoms. The largest absolute Gasteiger partial charge is 0.468 e. The first kappa shape index (κ1) is 13.1. The molecule has 1 saturated heterocycles. The maximum absolute atomic E-state index is 11.4. The Labute approximate surface area is 89.4 Å². The molecule has 0 aromatic carbocycles. The van der Waals surface area contributed by atoms with Gasteiger partial charge in [-0.2, -0.15) is 0 Å². The maximum atomic E-state index is 11.4. The second-order valence-corrected chi connectivity index (χ2v) is 4.34. The van der Waals surface area contributed by atoms with Crippen LogP contribution in [-0.2, 0) is 9.53 Å². The summed E-state index contributed by atoms with van der Waals surface area (Å²) in [6, 6.07) is 0. The van der Waals surface area contributed by atoms with Crippen molar-refractivity contribution in [3.05, 3.63) is 0 Å². The van der Waals surface area contributed by atoms with Crippen molar-refractivity contribution >= 4 is 30.1 Å². The van der Waals surface area contributed by atoms with Gasteiger partial charge in [0.2, 0.25) is 0 Å². The van der Waals surface area contributed by atoms with Crippen molar-refractivity contribution in [2.75, 3.05) is 26.0 Å². The van der Waals surface area contributed by atoms with Gasteiger partial charge in [0, 0.05) is 18.8 Å². The number of carbonyl (C=O) groups is 1. The Hall–Kier alpha value is 0.0700. The predicted octanol–water partition coefficient (Wildman–Crippen LogP) is 1.07. The third-order valence-electron chi connectivity index (χ3n) is 2.20. The van der Waals surface area contributed by atoms with Crippen LogP contribution in [0.4, 0.5) is 0 Å². The lowest BCUT2D eigenvalue weighted by atomic mass is 10.1. The summed E-state index contributed by atoms with van der Waals surface area (Å²) in [5.74, 6) is 0.894. The molecular formula is C8H16ClNO2S. The molecule has 1 aliphatic heterocycles. The third kappa shape index (κ3) is 2.76. The summed E-state index contributed by atoms with van der Waals surface area (Å²) in [7, 11) is 1.45. The molecule has 1 aliphatic rings. The molecule has 1 unspecified atom stereocenters. The first-order chi connectivity index (χ1) is 5.75. The fraction of sp³-hybridized carbons (Fsp3) is 0.875. The first-order valence-corrected chi connectivity index (χ1v) is 5.17. The molecule has 78 valence electrons. The maximum Gasteiger partial charge on any atom is 0.323 e. The number of thioether (sulfide) groups is 1. The Morgan fingerprint density at radius 1 is 1.69 bits per heavy atom. The highest BCUT2D eigenvalue weighted by molar-refractivity contribution is 8.01. The van der Waals surface area contributed by atoms with Crippen molar-refractivity contribution in [1.29, 1.82) is 0 Å². The van der Waals surface area contributed by atoms with Gasteiger partial charge in [-0.25, -0.2) is 0 Å². The van der Waals surface area contributed by atoms with Crippen LogP contribution in [-0.4, -0.2) is 36.7 Å². The van der Waals surface area contributed by atoms with Crippen LogP contribution in [0, 0.1) is 0 Å². The van der Waals surface area contributed by atoms with Crippen LogP contribution < -0.4 is 5.32 Å². The minimum absolute atomic E-state index is 0. The highest BCUT2D eigenvalue weighted by Gasteiger charge is 2.39. The molecule has 0 amide bonds. The van der Waals surface area contributed by atoms with Gasteiger partial charge in [0.1, 0.15) is 4.75 Å². The van der Waals surface area contributed by atoms with Crippen molar-refractivity contribution in [3.63, 3.8) is 0 Å². The van der Waals surface area contributed by atoms with Crippen molar-refractivity contribution < 1.29 is 9.53 Å². The monoisotopic (exact) mass is 225 g/mol. The predicted molar refractivity (Wildman–Crippen MR) is 57.6 cm³/mol. The van der Waals surface area contributed by atoms with Crippen LogP contribution in [0.5, 0.6) is 0 Å². The van der Waals surface area contributed by atoms with Crippen molar-refractivity contribution in [1.82, 2.24) is 5.32 Å². The fourth-order valence-electron chi connectivity index (χ4n) is 1.35. The van der Waals surface area contributed by atoms with E-state index in [0.717, 1.165) is 25.3 Å². The van der Waals surface area contributed by atoms with Crippen LogP contribution in [0.25, 0.3) is 0 Å². The third-order valence-corrected chi connectivity index (χ3v) is 3.76. The summed E-state index contributed by atoms with van der Waals surface area (Å²) in [4.78, 5) is 11.4. The Morgan fingerprint density at radius 2 is 2.38 bits per heavy atom. The van der Waals surface area contributed by atoms with Gasteiger partial charge in [-0.05, 0) is 6.42 Å². The van der Waals surface area contributed by atoms with Gasteiger partial charge in [0.15, 0.2) is 0 Å². The summed E-state index contributed by atoms with van der Waals surface area (Å²) in [5, 5.41) is 3.22. The van der Waals surface area contributed by atoms with E-state index in [4.69, 9.17) is 4.74 Å². The van der Waals surface area contributed by atoms with Crippen LogP contribution in [0.15, 0.2) is 0 Å². The number of carbonyl (C=O) groups excluding carboxylic acids is 1. The summed E-state index contributed by atoms with van der Waals surface area (Å²) in [6.07, 6.45) is 0.831. The molecule has 5 heteroatoms. The zero-order valence-electron chi connectivity index (χ0n) is 7.96. The van der Waals surface area contributed by atoms with Gasteiger partial charge in [0.05, 0.1) is 7.11 Å². The van der Waals surface area contributed by atoms with E-state index >= 15 is 0 Å². The van der Waals surface area contributed by atoms with E-state index in [2.05, 4.69) is 5.32 Å². The minimum Gasteiger partial charge on any atom is -0.468 e. The Balaban J connectivity index is 0.00000144. The first-order valence-electron chi connectivity index (χ1n) is 4.18. The minimum atomic E-state index is -0.326. The molecule has 0 aromatic rings. The van der Waals surface area contributed by atoms with Crippen LogP contribution in [0.1, 0.15) is 13.3 Å². The lowest BCUT2D eigenvalue weighted by Gasteiger charge is -2.33. The van der Waals surface area contributed by atoms with E-state index in [0.29, 0.717) is 0 Å². The van der Waals surface area contributed by atoms with E-state index in [1.807, 2.05) is 6.92 Å². The Bertz CT molecular complexity index is 172. The summed E-state index contributed by atoms with van der Waals surface area (Å²) in [5.41, 5.74) is 0. The van der Waals surface area contributed by atoms with E-state index in [9.17, 15) is 4.79 Å². The number of methoxy groups -OCH3 is 1. The quantitative estimate of drug-likeness (QED) is 0.714. The summed E-state index contributed by atoms with van der Waals surface area (Å²) >= 11 is 1.71. The number of hydrogen-bond donors (Lipinski definition) is 1. The number of rotatable bonds is 2. The van der Waals surface area contributed by atoms with E-state index in [-0.39, 0.29) is 23.1 Å². The van der Waals surface area contributed by atoms with Gasteiger partial charge in [-0.3, -0.25) is 4.79 Å². The van der Waals surface area contributed by atoms with Gasteiger partial charge in [-0.1, -0.05) is 6.92 Å². The van der Waals surface area contributed by atoms with Crippen molar-refractivity contribution in [2.45, 2.75) is 18.1 Å². The molecule has 0 aromatic heterocycles. The molecule has 0 aliphatic carbocycles. The number of ether oxygens (including phenoxy) is 1. The molecular weight excluding hydrogens is 210 g/mol. The topological polar surface area (TPSA) is 38.3 Å². The van der Waals surface area contributed by atoms with Gasteiger partial charge in [0.25, 0.3) is 0 Å². The van der Waals surface area contributed by atoms with Crippen molar-refractivity contribution in [2.24, 2.45) is 0 Å².